The molecule has 0 amide bonds. The van der Waals surface area contributed by atoms with Crippen molar-refractivity contribution in [3.8, 4) is 0 Å². The predicted octanol–water partition coefficient (Wildman–Crippen LogP) is 3.10. The van der Waals surface area contributed by atoms with Gasteiger partial charge in [0.05, 0.1) is 0 Å². The zero-order valence-electron chi connectivity index (χ0n) is 11.0. The summed E-state index contributed by atoms with van der Waals surface area (Å²) in [7, 11) is 0. The molecule has 1 atom stereocenters. The van der Waals surface area contributed by atoms with Crippen LogP contribution in [0.25, 0.3) is 0 Å². The molecule has 0 aliphatic carbocycles. The fourth-order valence-electron chi connectivity index (χ4n) is 2.33. The molecule has 1 saturated heterocycles. The normalized spacial score (nSPS) is 19.1. The van der Waals surface area contributed by atoms with E-state index in [2.05, 4.69) is 47.5 Å². The second-order valence-electron chi connectivity index (χ2n) is 4.66. The molecule has 1 N–H and O–H groups in total. The van der Waals surface area contributed by atoms with E-state index in [0.717, 1.165) is 13.1 Å². The third-order valence-electron chi connectivity index (χ3n) is 3.20. The number of hydrogen-bond donors (Lipinski definition) is 1. The molecule has 4 heteroatoms. The Bertz CT molecular complexity index is 306. The lowest BCUT2D eigenvalue weighted by atomic mass is 10.2. The lowest BCUT2D eigenvalue weighted by Gasteiger charge is -2.16. The highest BCUT2D eigenvalue weighted by Gasteiger charge is 2.21. The lowest BCUT2D eigenvalue weighted by molar-refractivity contribution is 0.320. The largest absolute Gasteiger partial charge is 0.313 e. The van der Waals surface area contributed by atoms with Gasteiger partial charge in [0.25, 0.3) is 0 Å². The maximum Gasteiger partial charge on any atom is 0.0234 e. The minimum Gasteiger partial charge on any atom is -0.313 e. The van der Waals surface area contributed by atoms with Gasteiger partial charge in [0.1, 0.15) is 0 Å². The Hall–Kier alpha value is -0.280. The lowest BCUT2D eigenvalue weighted by Crippen LogP contribution is -2.32. The summed E-state index contributed by atoms with van der Waals surface area (Å²) in [6, 6.07) is 11.5. The molecule has 1 aliphatic rings. The molecule has 2 rings (SSSR count). The van der Waals surface area contributed by atoms with E-state index < -0.39 is 0 Å². The van der Waals surface area contributed by atoms with Crippen molar-refractivity contribution in [3.63, 3.8) is 0 Å². The number of rotatable bonds is 5. The van der Waals surface area contributed by atoms with E-state index in [9.17, 15) is 0 Å². The molecule has 1 aliphatic heterocycles. The molecular formula is C14H24Cl2N2. The van der Waals surface area contributed by atoms with Crippen LogP contribution in [0.3, 0.4) is 0 Å². The standard InChI is InChI=1S/C14H22N2.2ClH/c1-2-9-15-14-8-10-16(12-14)11-13-6-4-3-5-7-13;;/h3-7,14-15H,2,8-12H2,1H3;2*1H/t14-;;/m1../s1. The van der Waals surface area contributed by atoms with E-state index in [1.807, 2.05) is 0 Å². The van der Waals surface area contributed by atoms with E-state index in [1.165, 1.54) is 31.5 Å². The average molecular weight is 291 g/mol. The van der Waals surface area contributed by atoms with Gasteiger partial charge in [-0.05, 0) is 24.9 Å². The zero-order valence-corrected chi connectivity index (χ0v) is 12.6. The molecule has 1 heterocycles. The van der Waals surface area contributed by atoms with Crippen LogP contribution in [-0.2, 0) is 6.54 Å². The molecule has 0 spiro atoms. The Balaban J connectivity index is 0.00000144. The molecule has 1 fully saturated rings. The van der Waals surface area contributed by atoms with Crippen molar-refractivity contribution >= 4 is 24.8 Å². The molecule has 1 aromatic rings. The van der Waals surface area contributed by atoms with Gasteiger partial charge in [0, 0.05) is 25.7 Å². The van der Waals surface area contributed by atoms with Crippen molar-refractivity contribution < 1.29 is 0 Å². The third kappa shape index (κ3) is 5.57. The van der Waals surface area contributed by atoms with E-state index in [0.29, 0.717) is 6.04 Å². The number of benzene rings is 1. The molecule has 1 aromatic carbocycles. The van der Waals surface area contributed by atoms with Crippen LogP contribution in [0, 0.1) is 0 Å². The zero-order chi connectivity index (χ0) is 11.2. The van der Waals surface area contributed by atoms with Crippen molar-refractivity contribution in [2.75, 3.05) is 19.6 Å². The molecule has 0 unspecified atom stereocenters. The predicted molar refractivity (Wildman–Crippen MR) is 82.9 cm³/mol. The van der Waals surface area contributed by atoms with E-state index in [1.54, 1.807) is 0 Å². The molecule has 2 nitrogen and oxygen atoms in total. The topological polar surface area (TPSA) is 15.3 Å². The van der Waals surface area contributed by atoms with Gasteiger partial charge in [-0.2, -0.15) is 0 Å². The summed E-state index contributed by atoms with van der Waals surface area (Å²) in [4.78, 5) is 2.54. The first kappa shape index (κ1) is 17.7. The van der Waals surface area contributed by atoms with Crippen LogP contribution < -0.4 is 5.32 Å². The summed E-state index contributed by atoms with van der Waals surface area (Å²) < 4.78 is 0. The highest BCUT2D eigenvalue weighted by molar-refractivity contribution is 5.85. The van der Waals surface area contributed by atoms with Gasteiger partial charge in [0.2, 0.25) is 0 Å². The Morgan fingerprint density at radius 3 is 2.61 bits per heavy atom. The minimum absolute atomic E-state index is 0. The van der Waals surface area contributed by atoms with Gasteiger partial charge >= 0.3 is 0 Å². The molecule has 18 heavy (non-hydrogen) atoms. The minimum atomic E-state index is 0. The number of halogens is 2. The summed E-state index contributed by atoms with van der Waals surface area (Å²) in [6.45, 7) is 6.92. The van der Waals surface area contributed by atoms with E-state index >= 15 is 0 Å². The third-order valence-corrected chi connectivity index (χ3v) is 3.20. The Kier molecular flexibility index (Phi) is 9.47. The number of nitrogens with zero attached hydrogens (tertiary/aromatic N) is 1. The smallest absolute Gasteiger partial charge is 0.0234 e. The summed E-state index contributed by atoms with van der Waals surface area (Å²) in [6.07, 6.45) is 2.53. The van der Waals surface area contributed by atoms with Crippen molar-refractivity contribution in [3.05, 3.63) is 35.9 Å². The summed E-state index contributed by atoms with van der Waals surface area (Å²) >= 11 is 0. The van der Waals surface area contributed by atoms with Crippen LogP contribution in [-0.4, -0.2) is 30.6 Å². The van der Waals surface area contributed by atoms with Crippen molar-refractivity contribution in [1.82, 2.24) is 10.2 Å². The Morgan fingerprint density at radius 1 is 1.22 bits per heavy atom. The SMILES string of the molecule is CCCN[C@@H]1CCN(Cc2ccccc2)C1.Cl.Cl. The molecule has 0 saturated carbocycles. The first-order chi connectivity index (χ1) is 7.88. The van der Waals surface area contributed by atoms with E-state index in [4.69, 9.17) is 0 Å². The maximum absolute atomic E-state index is 3.61. The maximum atomic E-state index is 3.61. The monoisotopic (exact) mass is 290 g/mol. The Labute approximate surface area is 123 Å². The van der Waals surface area contributed by atoms with Crippen molar-refractivity contribution in [1.29, 1.82) is 0 Å². The van der Waals surface area contributed by atoms with Crippen LogP contribution in [0.2, 0.25) is 0 Å². The second-order valence-corrected chi connectivity index (χ2v) is 4.66. The van der Waals surface area contributed by atoms with Crippen molar-refractivity contribution in [2.24, 2.45) is 0 Å². The molecule has 0 aromatic heterocycles. The van der Waals surface area contributed by atoms with E-state index in [-0.39, 0.29) is 24.8 Å². The van der Waals surface area contributed by atoms with Crippen LogP contribution in [0.5, 0.6) is 0 Å². The van der Waals surface area contributed by atoms with Gasteiger partial charge in [-0.3, -0.25) is 4.90 Å². The summed E-state index contributed by atoms with van der Waals surface area (Å²) in [5.74, 6) is 0. The fraction of sp³-hybridized carbons (Fsp3) is 0.571. The highest BCUT2D eigenvalue weighted by atomic mass is 35.5. The van der Waals surface area contributed by atoms with Gasteiger partial charge in [-0.15, -0.1) is 24.8 Å². The summed E-state index contributed by atoms with van der Waals surface area (Å²) in [5, 5.41) is 3.61. The van der Waals surface area contributed by atoms with Crippen LogP contribution in [0.1, 0.15) is 25.3 Å². The molecule has 0 bridgehead atoms. The van der Waals surface area contributed by atoms with Gasteiger partial charge < -0.3 is 5.32 Å². The molecular weight excluding hydrogens is 267 g/mol. The first-order valence-corrected chi connectivity index (χ1v) is 6.38. The number of nitrogens with one attached hydrogen (secondary N) is 1. The van der Waals surface area contributed by atoms with Gasteiger partial charge in [0.15, 0.2) is 0 Å². The summed E-state index contributed by atoms with van der Waals surface area (Å²) in [5.41, 5.74) is 1.43. The van der Waals surface area contributed by atoms with Gasteiger partial charge in [-0.25, -0.2) is 0 Å². The fourth-order valence-corrected chi connectivity index (χ4v) is 2.33. The number of hydrogen-bond acceptors (Lipinski definition) is 2. The molecule has 0 radical (unpaired) electrons. The first-order valence-electron chi connectivity index (χ1n) is 6.38. The van der Waals surface area contributed by atoms with Crippen LogP contribution >= 0.6 is 24.8 Å². The highest BCUT2D eigenvalue weighted by Crippen LogP contribution is 2.13. The average Bonchev–Trinajstić information content (AvgIpc) is 2.75. The second kappa shape index (κ2) is 9.62. The molecule has 104 valence electrons. The van der Waals surface area contributed by atoms with Gasteiger partial charge in [-0.1, -0.05) is 37.3 Å². The quantitative estimate of drug-likeness (QED) is 0.896. The number of likely N-dealkylation sites (tertiary alicyclic amines) is 1. The van der Waals surface area contributed by atoms with Crippen LogP contribution in [0.15, 0.2) is 30.3 Å². The Morgan fingerprint density at radius 2 is 1.94 bits per heavy atom. The van der Waals surface area contributed by atoms with Crippen molar-refractivity contribution in [2.45, 2.75) is 32.4 Å². The van der Waals surface area contributed by atoms with Crippen LogP contribution in [0.4, 0.5) is 0 Å².